The Hall–Kier alpha value is -5.49. The number of nitrogens with one attached hydrogen (secondary N) is 2. The maximum Gasteiger partial charge on any atom is 0.338 e. The summed E-state index contributed by atoms with van der Waals surface area (Å²) in [6.45, 7) is 5.21. The van der Waals surface area contributed by atoms with Crippen molar-refractivity contribution in [3.63, 3.8) is 0 Å². The van der Waals surface area contributed by atoms with Crippen molar-refractivity contribution in [1.29, 1.82) is 0 Å². The van der Waals surface area contributed by atoms with Gasteiger partial charge in [-0.2, -0.15) is 5.10 Å². The van der Waals surface area contributed by atoms with E-state index in [1.54, 1.807) is 63.2 Å². The highest BCUT2D eigenvalue weighted by Crippen LogP contribution is 2.33. The Morgan fingerprint density at radius 3 is 2.50 bits per heavy atom. The third-order valence-electron chi connectivity index (χ3n) is 8.14. The third kappa shape index (κ3) is 7.40. The molecule has 0 bridgehead atoms. The second-order valence-corrected chi connectivity index (χ2v) is 13.3. The number of benzene rings is 3. The number of hydrogen-bond donors (Lipinski definition) is 2. The van der Waals surface area contributed by atoms with Crippen LogP contribution in [0.4, 0.5) is 8.78 Å². The smallest absolute Gasteiger partial charge is 0.338 e. The van der Waals surface area contributed by atoms with Crippen molar-refractivity contribution in [3.8, 4) is 0 Å². The van der Waals surface area contributed by atoms with Crippen LogP contribution in [0, 0.1) is 11.6 Å². The average molecular weight is 700 g/mol. The number of fused-ring (bicyclic) bond motifs is 2. The van der Waals surface area contributed by atoms with Crippen LogP contribution in [0.15, 0.2) is 72.9 Å². The lowest BCUT2D eigenvalue weighted by atomic mass is 10.0. The molecule has 10 nitrogen and oxygen atoms in total. The molecular formula is C37H32ClF2N5O5. The van der Waals surface area contributed by atoms with Crippen LogP contribution in [-0.2, 0) is 24.1 Å². The zero-order valence-corrected chi connectivity index (χ0v) is 28.1. The number of aryl methyl sites for hydroxylation is 1. The van der Waals surface area contributed by atoms with Gasteiger partial charge in [0.2, 0.25) is 0 Å². The van der Waals surface area contributed by atoms with Crippen LogP contribution in [0.5, 0.6) is 0 Å². The SMILES string of the molecule is CC(C)(C)OC(=O)c1ccc2c(c1)CC[C@@H]2NC(=O)c1cc(C(=O)NCc2ccc(F)c(F)c2)nc2c(C(=O)Cc3ccccc3Cl)cnn12. The molecule has 0 spiro atoms. The Morgan fingerprint density at radius 1 is 0.980 bits per heavy atom. The van der Waals surface area contributed by atoms with Gasteiger partial charge in [-0.1, -0.05) is 41.9 Å². The number of aromatic nitrogens is 3. The molecule has 1 atom stereocenters. The Balaban J connectivity index is 1.30. The quantitative estimate of drug-likeness (QED) is 0.135. The number of ether oxygens (including phenoxy) is 1. The van der Waals surface area contributed by atoms with Crippen molar-refractivity contribution >= 4 is 40.8 Å². The summed E-state index contributed by atoms with van der Waals surface area (Å²) in [4.78, 5) is 57.8. The van der Waals surface area contributed by atoms with Gasteiger partial charge in [-0.3, -0.25) is 14.4 Å². The largest absolute Gasteiger partial charge is 0.456 e. The molecular weight excluding hydrogens is 668 g/mol. The molecule has 6 rings (SSSR count). The van der Waals surface area contributed by atoms with E-state index in [9.17, 15) is 28.0 Å². The minimum Gasteiger partial charge on any atom is -0.456 e. The maximum absolute atomic E-state index is 13.9. The van der Waals surface area contributed by atoms with Gasteiger partial charge in [0.05, 0.1) is 23.4 Å². The number of hydrogen-bond acceptors (Lipinski definition) is 7. The van der Waals surface area contributed by atoms with Crippen LogP contribution in [0.25, 0.3) is 5.65 Å². The molecule has 50 heavy (non-hydrogen) atoms. The molecule has 3 aromatic carbocycles. The molecule has 0 radical (unpaired) electrons. The van der Waals surface area contributed by atoms with Gasteiger partial charge in [0.25, 0.3) is 11.8 Å². The van der Waals surface area contributed by atoms with E-state index in [0.29, 0.717) is 34.6 Å². The van der Waals surface area contributed by atoms with E-state index in [1.807, 2.05) is 0 Å². The molecule has 0 saturated carbocycles. The molecule has 1 aliphatic carbocycles. The van der Waals surface area contributed by atoms with Crippen molar-refractivity contribution in [1.82, 2.24) is 25.2 Å². The molecule has 256 valence electrons. The third-order valence-corrected chi connectivity index (χ3v) is 8.51. The first-order chi connectivity index (χ1) is 23.8. The summed E-state index contributed by atoms with van der Waals surface area (Å²) < 4.78 is 33.9. The van der Waals surface area contributed by atoms with E-state index in [2.05, 4.69) is 20.7 Å². The normalized spacial score (nSPS) is 13.9. The molecule has 2 N–H and O–H groups in total. The number of amides is 2. The van der Waals surface area contributed by atoms with E-state index in [4.69, 9.17) is 16.3 Å². The highest BCUT2D eigenvalue weighted by Gasteiger charge is 2.29. The predicted molar refractivity (Wildman–Crippen MR) is 180 cm³/mol. The van der Waals surface area contributed by atoms with Gasteiger partial charge in [0.15, 0.2) is 23.1 Å². The summed E-state index contributed by atoms with van der Waals surface area (Å²) in [6, 6.07) is 16.1. The van der Waals surface area contributed by atoms with Crippen molar-refractivity contribution in [3.05, 3.63) is 134 Å². The molecule has 0 aliphatic heterocycles. The zero-order valence-electron chi connectivity index (χ0n) is 27.4. The van der Waals surface area contributed by atoms with E-state index in [1.165, 1.54) is 22.8 Å². The zero-order chi connectivity index (χ0) is 35.7. The summed E-state index contributed by atoms with van der Waals surface area (Å²) in [5.74, 6) is -4.23. The molecule has 0 fully saturated rings. The van der Waals surface area contributed by atoms with E-state index < -0.39 is 46.8 Å². The molecule has 0 saturated heterocycles. The number of carbonyl (C=O) groups excluding carboxylic acids is 4. The monoisotopic (exact) mass is 699 g/mol. The second kappa shape index (κ2) is 13.8. The van der Waals surface area contributed by atoms with Crippen molar-refractivity contribution in [2.45, 2.75) is 58.2 Å². The number of esters is 1. The first-order valence-electron chi connectivity index (χ1n) is 15.8. The van der Waals surface area contributed by atoms with Crippen LogP contribution in [0.3, 0.4) is 0 Å². The average Bonchev–Trinajstić information content (AvgIpc) is 3.69. The summed E-state index contributed by atoms with van der Waals surface area (Å²) >= 11 is 6.29. The molecule has 5 aromatic rings. The number of nitrogens with zero attached hydrogens (tertiary/aromatic N) is 3. The van der Waals surface area contributed by atoms with Crippen molar-refractivity contribution in [2.75, 3.05) is 0 Å². The Morgan fingerprint density at radius 2 is 1.76 bits per heavy atom. The van der Waals surface area contributed by atoms with Crippen LogP contribution >= 0.6 is 11.6 Å². The van der Waals surface area contributed by atoms with E-state index in [0.717, 1.165) is 23.3 Å². The van der Waals surface area contributed by atoms with E-state index >= 15 is 0 Å². The van der Waals surface area contributed by atoms with Crippen LogP contribution in [0.2, 0.25) is 5.02 Å². The van der Waals surface area contributed by atoms with Crippen molar-refractivity contribution in [2.24, 2.45) is 0 Å². The summed E-state index contributed by atoms with van der Waals surface area (Å²) in [6.07, 6.45) is 2.35. The number of carbonyl (C=O) groups is 4. The second-order valence-electron chi connectivity index (χ2n) is 12.9. The predicted octanol–water partition coefficient (Wildman–Crippen LogP) is 6.39. The number of rotatable bonds is 9. The number of ketones is 1. The van der Waals surface area contributed by atoms with Crippen LogP contribution in [0.1, 0.15) is 97.2 Å². The Kier molecular flexibility index (Phi) is 9.48. The first-order valence-corrected chi connectivity index (χ1v) is 16.2. The van der Waals surface area contributed by atoms with Gasteiger partial charge < -0.3 is 15.4 Å². The van der Waals surface area contributed by atoms with Gasteiger partial charge in [-0.05, 0) is 86.2 Å². The highest BCUT2D eigenvalue weighted by atomic mass is 35.5. The number of Topliss-reactive ketones (excluding diaryl/α,β-unsaturated/α-hetero) is 1. The van der Waals surface area contributed by atoms with Gasteiger partial charge in [-0.15, -0.1) is 0 Å². The summed E-state index contributed by atoms with van der Waals surface area (Å²) in [5, 5.41) is 10.3. The highest BCUT2D eigenvalue weighted by molar-refractivity contribution is 6.31. The maximum atomic E-state index is 13.9. The fourth-order valence-electron chi connectivity index (χ4n) is 5.73. The standard InChI is InChI=1S/C37H32ClF2N5O5/c1-37(2,3)50-36(49)23-9-11-24-21(15-23)10-13-29(24)44-35(48)31-17-30(34(47)41-18-20-8-12-27(39)28(40)14-20)43-33-25(19-42-45(31)33)32(46)16-22-6-4-5-7-26(22)38/h4-9,11-12,14-15,17,19,29H,10,13,16,18H2,1-3H3,(H,41,47)(H,44,48)/t29-/m0/s1. The fraction of sp³-hybridized carbons (Fsp3) is 0.243. The minimum absolute atomic E-state index is 0.0264. The topological polar surface area (TPSA) is 132 Å². The fourth-order valence-corrected chi connectivity index (χ4v) is 5.94. The molecule has 13 heteroatoms. The first kappa shape index (κ1) is 34.4. The minimum atomic E-state index is -1.06. The molecule has 1 aliphatic rings. The molecule has 0 unspecified atom stereocenters. The van der Waals surface area contributed by atoms with Crippen LogP contribution in [-0.4, -0.2) is 43.8 Å². The van der Waals surface area contributed by atoms with E-state index in [-0.39, 0.29) is 35.6 Å². The van der Waals surface area contributed by atoms with Gasteiger partial charge in [0, 0.05) is 24.1 Å². The van der Waals surface area contributed by atoms with Gasteiger partial charge >= 0.3 is 5.97 Å². The summed E-state index contributed by atoms with van der Waals surface area (Å²) in [5.41, 5.74) is 2.12. The Labute approximate surface area is 290 Å². The van der Waals surface area contributed by atoms with Crippen molar-refractivity contribution < 1.29 is 32.7 Å². The lowest BCUT2D eigenvalue weighted by Gasteiger charge is -2.20. The van der Waals surface area contributed by atoms with Gasteiger partial charge in [0.1, 0.15) is 17.0 Å². The number of halogens is 3. The molecule has 2 aromatic heterocycles. The van der Waals surface area contributed by atoms with Crippen LogP contribution < -0.4 is 10.6 Å². The summed E-state index contributed by atoms with van der Waals surface area (Å²) in [7, 11) is 0. The lowest BCUT2D eigenvalue weighted by molar-refractivity contribution is 0.00690. The molecule has 2 amide bonds. The molecule has 2 heterocycles. The van der Waals surface area contributed by atoms with Gasteiger partial charge in [-0.25, -0.2) is 23.1 Å². The Bertz CT molecular complexity index is 2180. The lowest BCUT2D eigenvalue weighted by Crippen LogP contribution is -2.31.